The van der Waals surface area contributed by atoms with Gasteiger partial charge in [0.25, 0.3) is 0 Å². The smallest absolute Gasteiger partial charge is 0.128 e. The topological polar surface area (TPSA) is 28.2 Å². The summed E-state index contributed by atoms with van der Waals surface area (Å²) in [5.74, 6) is 1.09. The summed E-state index contributed by atoms with van der Waals surface area (Å²) in [6.45, 7) is 8.29. The molecule has 1 aromatic rings. The second kappa shape index (κ2) is 5.82. The highest BCUT2D eigenvalue weighted by Gasteiger charge is 2.10. The highest BCUT2D eigenvalue weighted by molar-refractivity contribution is 5.41. The van der Waals surface area contributed by atoms with E-state index in [1.807, 2.05) is 6.20 Å². The molecule has 2 rings (SSSR count). The molecule has 0 amide bonds. The van der Waals surface area contributed by atoms with Gasteiger partial charge in [-0.15, -0.1) is 0 Å². The first-order valence-electron chi connectivity index (χ1n) is 6.36. The predicted octanol–water partition coefficient (Wildman–Crippen LogP) is 2.35. The van der Waals surface area contributed by atoms with Gasteiger partial charge in [0.1, 0.15) is 5.82 Å². The fourth-order valence-electron chi connectivity index (χ4n) is 1.96. The Kier molecular flexibility index (Phi) is 4.15. The maximum atomic E-state index is 4.54. The van der Waals surface area contributed by atoms with Gasteiger partial charge < -0.3 is 10.2 Å². The first kappa shape index (κ1) is 12.1. The van der Waals surface area contributed by atoms with Crippen molar-refractivity contribution in [3.8, 4) is 0 Å². The largest absolute Gasteiger partial charge is 0.353 e. The summed E-state index contributed by atoms with van der Waals surface area (Å²) in [5, 5.41) is 3.31. The number of anilines is 1. The molecule has 0 saturated heterocycles. The van der Waals surface area contributed by atoms with Gasteiger partial charge in [-0.1, -0.05) is 24.6 Å². The van der Waals surface area contributed by atoms with Crippen LogP contribution < -0.4 is 10.2 Å². The quantitative estimate of drug-likeness (QED) is 0.806. The summed E-state index contributed by atoms with van der Waals surface area (Å²) in [4.78, 5) is 6.86. The standard InChI is InChI=1S/C14H21N3/c1-3-15-10-13-4-5-14(16-11-13)17-8-6-12(2)7-9-17/h4-6,11,15H,3,7-10H2,1-2H3. The van der Waals surface area contributed by atoms with Crippen LogP contribution in [0.5, 0.6) is 0 Å². The summed E-state index contributed by atoms with van der Waals surface area (Å²) in [7, 11) is 0. The molecule has 1 aliphatic rings. The molecule has 0 fully saturated rings. The second-order valence-corrected chi connectivity index (χ2v) is 4.55. The molecule has 0 unspecified atom stereocenters. The Morgan fingerprint density at radius 2 is 2.29 bits per heavy atom. The predicted molar refractivity (Wildman–Crippen MR) is 72.2 cm³/mol. The zero-order valence-corrected chi connectivity index (χ0v) is 10.7. The summed E-state index contributed by atoms with van der Waals surface area (Å²) < 4.78 is 0. The monoisotopic (exact) mass is 231 g/mol. The first-order valence-corrected chi connectivity index (χ1v) is 6.36. The lowest BCUT2D eigenvalue weighted by Crippen LogP contribution is -2.28. The van der Waals surface area contributed by atoms with Gasteiger partial charge in [-0.25, -0.2) is 4.98 Å². The zero-order valence-electron chi connectivity index (χ0n) is 10.7. The Labute approximate surface area is 104 Å². The number of nitrogens with one attached hydrogen (secondary N) is 1. The zero-order chi connectivity index (χ0) is 12.1. The number of aromatic nitrogens is 1. The molecule has 2 heterocycles. The van der Waals surface area contributed by atoms with E-state index < -0.39 is 0 Å². The van der Waals surface area contributed by atoms with E-state index in [2.05, 4.69) is 47.3 Å². The summed E-state index contributed by atoms with van der Waals surface area (Å²) in [6.07, 6.45) is 5.42. The van der Waals surface area contributed by atoms with Gasteiger partial charge in [0.2, 0.25) is 0 Å². The number of pyridine rings is 1. The van der Waals surface area contributed by atoms with Crippen molar-refractivity contribution in [3.63, 3.8) is 0 Å². The van der Waals surface area contributed by atoms with Crippen molar-refractivity contribution in [2.45, 2.75) is 26.8 Å². The average Bonchev–Trinajstić information content (AvgIpc) is 2.38. The molecule has 92 valence electrons. The van der Waals surface area contributed by atoms with E-state index in [1.165, 1.54) is 11.1 Å². The molecule has 1 aliphatic heterocycles. The molecule has 0 bridgehead atoms. The molecule has 3 nitrogen and oxygen atoms in total. The Hall–Kier alpha value is -1.35. The van der Waals surface area contributed by atoms with E-state index >= 15 is 0 Å². The number of hydrogen-bond acceptors (Lipinski definition) is 3. The van der Waals surface area contributed by atoms with E-state index in [4.69, 9.17) is 0 Å². The van der Waals surface area contributed by atoms with Gasteiger partial charge in [0.15, 0.2) is 0 Å². The molecular weight excluding hydrogens is 210 g/mol. The van der Waals surface area contributed by atoms with Gasteiger partial charge in [-0.3, -0.25) is 0 Å². The molecule has 0 atom stereocenters. The van der Waals surface area contributed by atoms with E-state index in [1.54, 1.807) is 0 Å². The number of nitrogens with zero attached hydrogens (tertiary/aromatic N) is 2. The van der Waals surface area contributed by atoms with Crippen LogP contribution in [0.25, 0.3) is 0 Å². The minimum absolute atomic E-state index is 0.906. The van der Waals surface area contributed by atoms with Crippen LogP contribution in [0.2, 0.25) is 0 Å². The van der Waals surface area contributed by atoms with Crippen LogP contribution in [0.3, 0.4) is 0 Å². The van der Waals surface area contributed by atoms with Crippen LogP contribution >= 0.6 is 0 Å². The van der Waals surface area contributed by atoms with Gasteiger partial charge in [0, 0.05) is 25.8 Å². The normalized spacial score (nSPS) is 15.9. The molecule has 0 aliphatic carbocycles. The van der Waals surface area contributed by atoms with Crippen LogP contribution in [-0.2, 0) is 6.54 Å². The highest BCUT2D eigenvalue weighted by atomic mass is 15.2. The number of rotatable bonds is 4. The molecular formula is C14H21N3. The fraction of sp³-hybridized carbons (Fsp3) is 0.500. The van der Waals surface area contributed by atoms with E-state index in [0.29, 0.717) is 0 Å². The summed E-state index contributed by atoms with van der Waals surface area (Å²) in [6, 6.07) is 4.29. The van der Waals surface area contributed by atoms with E-state index in [-0.39, 0.29) is 0 Å². The van der Waals surface area contributed by atoms with Crippen LogP contribution in [0.4, 0.5) is 5.82 Å². The van der Waals surface area contributed by atoms with Crippen LogP contribution in [0.1, 0.15) is 25.8 Å². The van der Waals surface area contributed by atoms with E-state index in [0.717, 1.165) is 38.4 Å². The maximum Gasteiger partial charge on any atom is 0.128 e. The average molecular weight is 231 g/mol. The van der Waals surface area contributed by atoms with Gasteiger partial charge in [0.05, 0.1) is 0 Å². The molecule has 17 heavy (non-hydrogen) atoms. The molecule has 1 aromatic heterocycles. The summed E-state index contributed by atoms with van der Waals surface area (Å²) >= 11 is 0. The van der Waals surface area contributed by atoms with Crippen molar-refractivity contribution in [1.82, 2.24) is 10.3 Å². The van der Waals surface area contributed by atoms with Gasteiger partial charge in [-0.05, 0) is 31.5 Å². The molecule has 0 aromatic carbocycles. The lowest BCUT2D eigenvalue weighted by atomic mass is 10.1. The van der Waals surface area contributed by atoms with Crippen molar-refractivity contribution in [2.75, 3.05) is 24.5 Å². The molecule has 1 N–H and O–H groups in total. The fourth-order valence-corrected chi connectivity index (χ4v) is 1.96. The van der Waals surface area contributed by atoms with Crippen LogP contribution in [0, 0.1) is 0 Å². The lowest BCUT2D eigenvalue weighted by molar-refractivity contribution is 0.722. The van der Waals surface area contributed by atoms with Crippen molar-refractivity contribution < 1.29 is 0 Å². The third-order valence-corrected chi connectivity index (χ3v) is 3.15. The Balaban J connectivity index is 1.98. The third kappa shape index (κ3) is 3.30. The Bertz CT molecular complexity index is 381. The Morgan fingerprint density at radius 1 is 1.41 bits per heavy atom. The van der Waals surface area contributed by atoms with Crippen molar-refractivity contribution >= 4 is 5.82 Å². The minimum atomic E-state index is 0.906. The molecule has 0 saturated carbocycles. The molecule has 3 heteroatoms. The van der Waals surface area contributed by atoms with Crippen LogP contribution in [-0.4, -0.2) is 24.6 Å². The summed E-state index contributed by atoms with van der Waals surface area (Å²) in [5.41, 5.74) is 2.74. The lowest BCUT2D eigenvalue weighted by Gasteiger charge is -2.26. The van der Waals surface area contributed by atoms with E-state index in [9.17, 15) is 0 Å². The first-order chi connectivity index (χ1) is 8.29. The van der Waals surface area contributed by atoms with Crippen LogP contribution in [0.15, 0.2) is 30.0 Å². The van der Waals surface area contributed by atoms with Gasteiger partial charge in [-0.2, -0.15) is 0 Å². The highest BCUT2D eigenvalue weighted by Crippen LogP contribution is 2.17. The minimum Gasteiger partial charge on any atom is -0.353 e. The van der Waals surface area contributed by atoms with Gasteiger partial charge >= 0.3 is 0 Å². The maximum absolute atomic E-state index is 4.54. The van der Waals surface area contributed by atoms with Crippen molar-refractivity contribution in [1.29, 1.82) is 0 Å². The van der Waals surface area contributed by atoms with Crippen molar-refractivity contribution in [2.24, 2.45) is 0 Å². The molecule has 0 spiro atoms. The number of hydrogen-bond donors (Lipinski definition) is 1. The third-order valence-electron chi connectivity index (χ3n) is 3.15. The van der Waals surface area contributed by atoms with Crippen molar-refractivity contribution in [3.05, 3.63) is 35.5 Å². The molecule has 0 radical (unpaired) electrons. The second-order valence-electron chi connectivity index (χ2n) is 4.55. The SMILES string of the molecule is CCNCc1ccc(N2CC=C(C)CC2)nc1. The Morgan fingerprint density at radius 3 is 2.88 bits per heavy atom.